The van der Waals surface area contributed by atoms with Crippen molar-refractivity contribution in [2.24, 2.45) is 15.4 Å². The Morgan fingerprint density at radius 2 is 1.96 bits per heavy atom. The van der Waals surface area contributed by atoms with E-state index in [1.807, 2.05) is 6.92 Å². The van der Waals surface area contributed by atoms with Gasteiger partial charge in [-0.25, -0.2) is 4.79 Å². The van der Waals surface area contributed by atoms with E-state index in [1.54, 1.807) is 0 Å². The molecule has 0 aromatic heterocycles. The van der Waals surface area contributed by atoms with Gasteiger partial charge in [0.05, 0.1) is 26.0 Å². The van der Waals surface area contributed by atoms with Crippen LogP contribution in [0.4, 0.5) is 4.79 Å². The summed E-state index contributed by atoms with van der Waals surface area (Å²) in [5.74, 6) is -0.136. The SMILES string of the molecule is CCCNC(=O)COCCOCCNC(=O)OCC1C=NN=N1. The predicted octanol–water partition coefficient (Wildman–Crippen LogP) is 0.0922. The summed E-state index contributed by atoms with van der Waals surface area (Å²) >= 11 is 0. The third-order valence-electron chi connectivity index (χ3n) is 2.57. The molecule has 130 valence electrons. The van der Waals surface area contributed by atoms with E-state index in [1.165, 1.54) is 6.21 Å². The maximum atomic E-state index is 11.3. The molecule has 10 nitrogen and oxygen atoms in total. The van der Waals surface area contributed by atoms with Crippen LogP contribution in [-0.4, -0.2) is 70.4 Å². The summed E-state index contributed by atoms with van der Waals surface area (Å²) in [4.78, 5) is 22.5. The molecule has 1 atom stereocenters. The largest absolute Gasteiger partial charge is 0.447 e. The number of amides is 2. The number of carbonyl (C=O) groups excluding carboxylic acids is 2. The van der Waals surface area contributed by atoms with Gasteiger partial charge in [0.1, 0.15) is 19.3 Å². The van der Waals surface area contributed by atoms with E-state index in [2.05, 4.69) is 26.1 Å². The fourth-order valence-electron chi connectivity index (χ4n) is 1.45. The molecule has 0 bridgehead atoms. The van der Waals surface area contributed by atoms with Gasteiger partial charge < -0.3 is 24.8 Å². The molecule has 0 aromatic carbocycles. The summed E-state index contributed by atoms with van der Waals surface area (Å²) in [5, 5.41) is 15.9. The van der Waals surface area contributed by atoms with E-state index in [9.17, 15) is 9.59 Å². The number of alkyl carbamates (subject to hydrolysis) is 1. The molecule has 0 radical (unpaired) electrons. The highest BCUT2D eigenvalue weighted by atomic mass is 16.6. The molecule has 0 saturated heterocycles. The maximum Gasteiger partial charge on any atom is 0.407 e. The molecule has 1 aliphatic rings. The average molecular weight is 329 g/mol. The lowest BCUT2D eigenvalue weighted by Crippen LogP contribution is -2.30. The molecule has 1 aliphatic heterocycles. The lowest BCUT2D eigenvalue weighted by atomic mass is 10.4. The Balaban J connectivity index is 1.83. The number of hydrogen-bond acceptors (Lipinski definition) is 8. The minimum absolute atomic E-state index is 0.0236. The standard InChI is InChI=1S/C13H23N5O5/c1-2-3-14-12(19)10-22-7-6-21-5-4-15-13(20)23-9-11-8-16-18-17-11/h8,11H,2-7,9-10H2,1H3,(H,14,19)(H,15,20). The second kappa shape index (κ2) is 12.5. The topological polar surface area (TPSA) is 123 Å². The monoisotopic (exact) mass is 329 g/mol. The molecule has 1 heterocycles. The fourth-order valence-corrected chi connectivity index (χ4v) is 1.45. The zero-order chi connectivity index (χ0) is 16.8. The quantitative estimate of drug-likeness (QED) is 0.491. The molecule has 0 saturated carbocycles. The number of rotatable bonds is 12. The van der Waals surface area contributed by atoms with Gasteiger partial charge in [0.15, 0.2) is 0 Å². The lowest BCUT2D eigenvalue weighted by molar-refractivity contribution is -0.126. The van der Waals surface area contributed by atoms with Crippen LogP contribution in [0.15, 0.2) is 15.4 Å². The zero-order valence-electron chi connectivity index (χ0n) is 13.2. The second-order valence-corrected chi connectivity index (χ2v) is 4.58. The van der Waals surface area contributed by atoms with Crippen molar-refractivity contribution in [2.45, 2.75) is 19.4 Å². The Morgan fingerprint density at radius 1 is 1.13 bits per heavy atom. The first-order chi connectivity index (χ1) is 11.2. The van der Waals surface area contributed by atoms with Crippen molar-refractivity contribution in [3.05, 3.63) is 0 Å². The number of ether oxygens (including phenoxy) is 3. The molecule has 10 heteroatoms. The maximum absolute atomic E-state index is 11.3. The van der Waals surface area contributed by atoms with Crippen LogP contribution in [0.25, 0.3) is 0 Å². The third-order valence-corrected chi connectivity index (χ3v) is 2.57. The molecule has 0 fully saturated rings. The fraction of sp³-hybridized carbons (Fsp3) is 0.769. The van der Waals surface area contributed by atoms with Gasteiger partial charge in [-0.3, -0.25) is 4.79 Å². The van der Waals surface area contributed by atoms with Crippen molar-refractivity contribution in [3.8, 4) is 0 Å². The minimum atomic E-state index is -0.548. The predicted molar refractivity (Wildman–Crippen MR) is 81.4 cm³/mol. The van der Waals surface area contributed by atoms with Crippen LogP contribution in [0.3, 0.4) is 0 Å². The molecule has 2 N–H and O–H groups in total. The summed E-state index contributed by atoms with van der Waals surface area (Å²) in [6.45, 7) is 4.06. The molecule has 0 spiro atoms. The van der Waals surface area contributed by atoms with Gasteiger partial charge in [-0.1, -0.05) is 6.92 Å². The summed E-state index contributed by atoms with van der Waals surface area (Å²) in [6, 6.07) is -0.302. The van der Waals surface area contributed by atoms with Crippen LogP contribution >= 0.6 is 0 Å². The smallest absolute Gasteiger partial charge is 0.407 e. The highest BCUT2D eigenvalue weighted by Crippen LogP contribution is 1.98. The van der Waals surface area contributed by atoms with Crippen molar-refractivity contribution in [1.82, 2.24) is 10.6 Å². The molecule has 0 aliphatic carbocycles. The number of nitrogens with one attached hydrogen (secondary N) is 2. The van der Waals surface area contributed by atoms with Crippen molar-refractivity contribution >= 4 is 18.2 Å². The summed E-state index contributed by atoms with van der Waals surface area (Å²) in [7, 11) is 0. The van der Waals surface area contributed by atoms with Gasteiger partial charge in [-0.2, -0.15) is 5.11 Å². The van der Waals surface area contributed by atoms with Gasteiger partial charge in [-0.05, 0) is 11.6 Å². The molecule has 2 amide bonds. The molecule has 23 heavy (non-hydrogen) atoms. The number of carbonyl (C=O) groups is 2. The Kier molecular flexibility index (Phi) is 10.3. The summed E-state index contributed by atoms with van der Waals surface area (Å²) < 4.78 is 15.3. The van der Waals surface area contributed by atoms with E-state index < -0.39 is 6.09 Å². The van der Waals surface area contributed by atoms with Crippen molar-refractivity contribution in [2.75, 3.05) is 46.1 Å². The van der Waals surface area contributed by atoms with E-state index >= 15 is 0 Å². The molecular formula is C13H23N5O5. The molecule has 1 rings (SSSR count). The highest BCUT2D eigenvalue weighted by Gasteiger charge is 2.11. The van der Waals surface area contributed by atoms with E-state index in [0.717, 1.165) is 6.42 Å². The molecule has 0 aromatic rings. The van der Waals surface area contributed by atoms with Crippen LogP contribution in [0, 0.1) is 0 Å². The lowest BCUT2D eigenvalue weighted by Gasteiger charge is -2.08. The normalized spacial score (nSPS) is 15.6. The Labute approximate surface area is 134 Å². The van der Waals surface area contributed by atoms with Crippen LogP contribution in [0.5, 0.6) is 0 Å². The second-order valence-electron chi connectivity index (χ2n) is 4.58. The molecule has 1 unspecified atom stereocenters. The average Bonchev–Trinajstić information content (AvgIpc) is 3.06. The van der Waals surface area contributed by atoms with Crippen LogP contribution in [0.1, 0.15) is 13.3 Å². The Hall–Kier alpha value is -2.07. The van der Waals surface area contributed by atoms with Gasteiger partial charge in [0, 0.05) is 13.1 Å². The van der Waals surface area contributed by atoms with Crippen molar-refractivity contribution in [3.63, 3.8) is 0 Å². The van der Waals surface area contributed by atoms with Gasteiger partial charge in [0.25, 0.3) is 0 Å². The van der Waals surface area contributed by atoms with Crippen LogP contribution < -0.4 is 10.6 Å². The van der Waals surface area contributed by atoms with Crippen molar-refractivity contribution in [1.29, 1.82) is 0 Å². The van der Waals surface area contributed by atoms with E-state index in [4.69, 9.17) is 14.2 Å². The van der Waals surface area contributed by atoms with Crippen LogP contribution in [0.2, 0.25) is 0 Å². The summed E-state index contributed by atoms with van der Waals surface area (Å²) in [5.41, 5.74) is 0. The zero-order valence-corrected chi connectivity index (χ0v) is 13.2. The number of nitrogens with zero attached hydrogens (tertiary/aromatic N) is 3. The highest BCUT2D eigenvalue weighted by molar-refractivity contribution is 5.77. The van der Waals surface area contributed by atoms with Gasteiger partial charge in [-0.15, -0.1) is 5.10 Å². The Morgan fingerprint density at radius 3 is 2.70 bits per heavy atom. The van der Waals surface area contributed by atoms with Gasteiger partial charge in [0.2, 0.25) is 5.91 Å². The first-order valence-corrected chi connectivity index (χ1v) is 7.48. The van der Waals surface area contributed by atoms with E-state index in [-0.39, 0.29) is 25.2 Å². The first kappa shape index (κ1) is 19.0. The third kappa shape index (κ3) is 10.3. The van der Waals surface area contributed by atoms with Crippen LogP contribution in [-0.2, 0) is 19.0 Å². The van der Waals surface area contributed by atoms with Gasteiger partial charge >= 0.3 is 6.09 Å². The molecular weight excluding hydrogens is 306 g/mol. The number of hydrogen-bond donors (Lipinski definition) is 2. The summed E-state index contributed by atoms with van der Waals surface area (Å²) in [6.07, 6.45) is 1.84. The first-order valence-electron chi connectivity index (χ1n) is 7.48. The van der Waals surface area contributed by atoms with E-state index in [0.29, 0.717) is 32.9 Å². The van der Waals surface area contributed by atoms with Crippen molar-refractivity contribution < 1.29 is 23.8 Å². The minimum Gasteiger partial charge on any atom is -0.447 e. The Bertz CT molecular complexity index is 404.